The summed E-state index contributed by atoms with van der Waals surface area (Å²) in [4.78, 5) is 25.8. The van der Waals surface area contributed by atoms with E-state index in [-0.39, 0.29) is 22.5 Å². The summed E-state index contributed by atoms with van der Waals surface area (Å²) in [5.74, 6) is 1.10. The Hall–Kier alpha value is -1.58. The van der Waals surface area contributed by atoms with Crippen LogP contribution in [0.15, 0.2) is 21.3 Å². The van der Waals surface area contributed by atoms with Gasteiger partial charge < -0.3 is 9.32 Å². The van der Waals surface area contributed by atoms with Crippen LogP contribution in [0, 0.1) is 18.3 Å². The predicted molar refractivity (Wildman–Crippen MR) is 82.4 cm³/mol. The van der Waals surface area contributed by atoms with Gasteiger partial charge >= 0.3 is 0 Å². The first kappa shape index (κ1) is 15.8. The van der Waals surface area contributed by atoms with Crippen molar-refractivity contribution in [2.24, 2.45) is 11.3 Å². The summed E-state index contributed by atoms with van der Waals surface area (Å²) >= 11 is 0. The molecule has 2 heterocycles. The van der Waals surface area contributed by atoms with Crippen LogP contribution in [0.5, 0.6) is 0 Å². The number of hydrogen-bond donors (Lipinski definition) is 0. The van der Waals surface area contributed by atoms with Gasteiger partial charge in [-0.3, -0.25) is 9.59 Å². The van der Waals surface area contributed by atoms with Gasteiger partial charge in [-0.1, -0.05) is 20.8 Å². The second-order valence-corrected chi connectivity index (χ2v) is 7.05. The molecule has 2 rings (SSSR count). The molecule has 1 saturated heterocycles. The molecule has 116 valence electrons. The summed E-state index contributed by atoms with van der Waals surface area (Å²) in [6.45, 7) is 9.94. The van der Waals surface area contributed by atoms with E-state index < -0.39 is 0 Å². The van der Waals surface area contributed by atoms with Gasteiger partial charge in [0.2, 0.25) is 0 Å². The van der Waals surface area contributed by atoms with Crippen molar-refractivity contribution < 1.29 is 9.21 Å². The number of carbonyl (C=O) groups excluding carboxylic acids is 1. The minimum Gasteiger partial charge on any atom is -0.456 e. The molecular formula is C17H25NO3. The number of rotatable bonds is 1. The van der Waals surface area contributed by atoms with Gasteiger partial charge in [0.15, 0.2) is 11.2 Å². The van der Waals surface area contributed by atoms with Crippen LogP contribution in [0.2, 0.25) is 0 Å². The SMILES string of the molecule is Cc1cc(=O)cc(C(=O)N2CCC[C@@H](C(C)(C)C)CC2)o1. The largest absolute Gasteiger partial charge is 0.456 e. The summed E-state index contributed by atoms with van der Waals surface area (Å²) in [6.07, 6.45) is 3.15. The molecule has 1 aliphatic rings. The lowest BCUT2D eigenvalue weighted by atomic mass is 9.77. The zero-order valence-electron chi connectivity index (χ0n) is 13.4. The van der Waals surface area contributed by atoms with Crippen LogP contribution < -0.4 is 5.43 Å². The Morgan fingerprint density at radius 2 is 1.95 bits per heavy atom. The molecule has 4 heteroatoms. The van der Waals surface area contributed by atoms with Crippen molar-refractivity contribution in [1.82, 2.24) is 4.90 Å². The summed E-state index contributed by atoms with van der Waals surface area (Å²) in [5, 5.41) is 0. The van der Waals surface area contributed by atoms with Gasteiger partial charge in [0.25, 0.3) is 5.91 Å². The Labute approximate surface area is 126 Å². The van der Waals surface area contributed by atoms with Crippen molar-refractivity contribution >= 4 is 5.91 Å². The molecule has 0 bridgehead atoms. The molecule has 1 fully saturated rings. The molecule has 0 aromatic carbocycles. The van der Waals surface area contributed by atoms with E-state index in [9.17, 15) is 9.59 Å². The number of hydrogen-bond acceptors (Lipinski definition) is 3. The molecule has 1 aromatic heterocycles. The molecule has 4 nitrogen and oxygen atoms in total. The fraction of sp³-hybridized carbons (Fsp3) is 0.647. The van der Waals surface area contributed by atoms with Gasteiger partial charge in [-0.15, -0.1) is 0 Å². The van der Waals surface area contributed by atoms with Crippen LogP contribution >= 0.6 is 0 Å². The maximum atomic E-state index is 12.5. The van der Waals surface area contributed by atoms with Crippen LogP contribution in [-0.4, -0.2) is 23.9 Å². The van der Waals surface area contributed by atoms with Crippen LogP contribution in [0.25, 0.3) is 0 Å². The molecule has 0 spiro atoms. The van der Waals surface area contributed by atoms with Gasteiger partial charge in [-0.05, 0) is 37.5 Å². The number of nitrogens with zero attached hydrogens (tertiary/aromatic N) is 1. The van der Waals surface area contributed by atoms with E-state index in [1.165, 1.54) is 12.1 Å². The average molecular weight is 291 g/mol. The van der Waals surface area contributed by atoms with Crippen LogP contribution in [0.4, 0.5) is 0 Å². The molecular weight excluding hydrogens is 266 g/mol. The first-order chi connectivity index (χ1) is 9.77. The molecule has 1 aliphatic heterocycles. The van der Waals surface area contributed by atoms with Crippen molar-refractivity contribution in [3.05, 3.63) is 33.9 Å². The maximum absolute atomic E-state index is 12.5. The van der Waals surface area contributed by atoms with E-state index in [4.69, 9.17) is 4.42 Å². The highest BCUT2D eigenvalue weighted by Gasteiger charge is 2.29. The predicted octanol–water partition coefficient (Wildman–Crippen LogP) is 3.24. The topological polar surface area (TPSA) is 50.5 Å². The first-order valence-electron chi connectivity index (χ1n) is 7.68. The fourth-order valence-corrected chi connectivity index (χ4v) is 3.03. The van der Waals surface area contributed by atoms with E-state index in [2.05, 4.69) is 20.8 Å². The van der Waals surface area contributed by atoms with Gasteiger partial charge in [0, 0.05) is 25.2 Å². The summed E-state index contributed by atoms with van der Waals surface area (Å²) < 4.78 is 5.42. The number of amides is 1. The second kappa shape index (κ2) is 6.04. The van der Waals surface area contributed by atoms with E-state index in [1.54, 1.807) is 6.92 Å². The third-order valence-corrected chi connectivity index (χ3v) is 4.34. The molecule has 1 atom stereocenters. The zero-order valence-corrected chi connectivity index (χ0v) is 13.4. The number of aryl methyl sites for hydroxylation is 1. The lowest BCUT2D eigenvalue weighted by Crippen LogP contribution is -2.33. The van der Waals surface area contributed by atoms with Crippen molar-refractivity contribution in [2.45, 2.75) is 47.0 Å². The fourth-order valence-electron chi connectivity index (χ4n) is 3.03. The van der Waals surface area contributed by atoms with Crippen molar-refractivity contribution in [3.63, 3.8) is 0 Å². The van der Waals surface area contributed by atoms with Crippen LogP contribution in [0.3, 0.4) is 0 Å². The van der Waals surface area contributed by atoms with Gasteiger partial charge in [-0.2, -0.15) is 0 Å². The zero-order chi connectivity index (χ0) is 15.6. The summed E-state index contributed by atoms with van der Waals surface area (Å²) in [7, 11) is 0. The molecule has 0 radical (unpaired) electrons. The Morgan fingerprint density at radius 3 is 2.57 bits per heavy atom. The quantitative estimate of drug-likeness (QED) is 0.798. The highest BCUT2D eigenvalue weighted by molar-refractivity contribution is 5.91. The van der Waals surface area contributed by atoms with Gasteiger partial charge in [-0.25, -0.2) is 0 Å². The molecule has 1 amide bonds. The minimum atomic E-state index is -0.176. The second-order valence-electron chi connectivity index (χ2n) is 7.05. The van der Waals surface area contributed by atoms with Gasteiger partial charge in [0.05, 0.1) is 0 Å². The Balaban J connectivity index is 2.12. The number of carbonyl (C=O) groups is 1. The normalized spacial score (nSPS) is 20.2. The molecule has 0 unspecified atom stereocenters. The molecule has 0 aliphatic carbocycles. The Bertz CT molecular complexity index is 568. The monoisotopic (exact) mass is 291 g/mol. The van der Waals surface area contributed by atoms with Crippen LogP contribution in [0.1, 0.15) is 56.3 Å². The molecule has 21 heavy (non-hydrogen) atoms. The lowest BCUT2D eigenvalue weighted by Gasteiger charge is -2.29. The van der Waals surface area contributed by atoms with E-state index in [0.29, 0.717) is 11.7 Å². The third-order valence-electron chi connectivity index (χ3n) is 4.34. The standard InChI is InChI=1S/C17H25NO3/c1-12-10-14(19)11-15(21-12)16(20)18-8-5-6-13(7-9-18)17(2,3)4/h10-11,13H,5-9H2,1-4H3/t13-/m1/s1. The summed E-state index contributed by atoms with van der Waals surface area (Å²) in [6, 6.07) is 2.69. The lowest BCUT2D eigenvalue weighted by molar-refractivity contribution is 0.0719. The van der Waals surface area contributed by atoms with Crippen molar-refractivity contribution in [3.8, 4) is 0 Å². The van der Waals surface area contributed by atoms with Crippen molar-refractivity contribution in [1.29, 1.82) is 0 Å². The van der Waals surface area contributed by atoms with E-state index in [1.807, 2.05) is 4.90 Å². The molecule has 0 N–H and O–H groups in total. The molecule has 1 aromatic rings. The first-order valence-corrected chi connectivity index (χ1v) is 7.68. The summed E-state index contributed by atoms with van der Waals surface area (Å²) in [5.41, 5.74) is 0.0964. The number of likely N-dealkylation sites (tertiary alicyclic amines) is 1. The van der Waals surface area contributed by atoms with Crippen LogP contribution in [-0.2, 0) is 0 Å². The Morgan fingerprint density at radius 1 is 1.24 bits per heavy atom. The van der Waals surface area contributed by atoms with Crippen molar-refractivity contribution in [2.75, 3.05) is 13.1 Å². The van der Waals surface area contributed by atoms with Gasteiger partial charge in [0.1, 0.15) is 5.76 Å². The Kier molecular flexibility index (Phi) is 4.55. The van der Waals surface area contributed by atoms with E-state index >= 15 is 0 Å². The molecule has 0 saturated carbocycles. The minimum absolute atomic E-state index is 0.161. The average Bonchev–Trinajstić information content (AvgIpc) is 2.61. The smallest absolute Gasteiger partial charge is 0.289 e. The highest BCUT2D eigenvalue weighted by atomic mass is 16.3. The third kappa shape index (κ3) is 3.96. The highest BCUT2D eigenvalue weighted by Crippen LogP contribution is 2.34. The van der Waals surface area contributed by atoms with E-state index in [0.717, 1.165) is 32.4 Å². The maximum Gasteiger partial charge on any atom is 0.289 e.